The second kappa shape index (κ2) is 7.94. The van der Waals surface area contributed by atoms with Crippen LogP contribution in [0.3, 0.4) is 0 Å². The van der Waals surface area contributed by atoms with Gasteiger partial charge in [-0.25, -0.2) is 4.39 Å². The van der Waals surface area contributed by atoms with E-state index in [0.717, 1.165) is 6.42 Å². The molecule has 1 aromatic carbocycles. The molecule has 0 saturated heterocycles. The molecule has 0 spiro atoms. The van der Waals surface area contributed by atoms with Gasteiger partial charge in [0.05, 0.1) is 18.1 Å². The van der Waals surface area contributed by atoms with Crippen molar-refractivity contribution in [1.82, 2.24) is 0 Å². The van der Waals surface area contributed by atoms with Gasteiger partial charge in [0.15, 0.2) is 0 Å². The highest BCUT2D eigenvalue weighted by Gasteiger charge is 2.03. The van der Waals surface area contributed by atoms with Crippen LogP contribution in [0, 0.1) is 17.7 Å². The van der Waals surface area contributed by atoms with E-state index in [1.54, 1.807) is 13.2 Å². The van der Waals surface area contributed by atoms with Crippen molar-refractivity contribution in [3.05, 3.63) is 29.6 Å². The molecule has 17 heavy (non-hydrogen) atoms. The summed E-state index contributed by atoms with van der Waals surface area (Å²) in [6.45, 7) is 1.07. The summed E-state index contributed by atoms with van der Waals surface area (Å²) in [6, 6.07) is 4.26. The lowest BCUT2D eigenvalue weighted by atomic mass is 10.2. The van der Waals surface area contributed by atoms with Gasteiger partial charge in [0.25, 0.3) is 0 Å². The lowest BCUT2D eigenvalue weighted by molar-refractivity contribution is 0.172. The summed E-state index contributed by atoms with van der Waals surface area (Å²) in [5, 5.41) is 0. The van der Waals surface area contributed by atoms with Crippen LogP contribution in [0.25, 0.3) is 0 Å². The quantitative estimate of drug-likeness (QED) is 0.458. The summed E-state index contributed by atoms with van der Waals surface area (Å²) >= 11 is 5.48. The highest BCUT2D eigenvalue weighted by Crippen LogP contribution is 2.19. The van der Waals surface area contributed by atoms with Gasteiger partial charge in [0.2, 0.25) is 0 Å². The second-order valence-corrected chi connectivity index (χ2v) is 3.54. The van der Waals surface area contributed by atoms with Gasteiger partial charge in [-0.1, -0.05) is 11.8 Å². The molecule has 0 bridgehead atoms. The SMILES string of the molecule is COCCCOc1cc(F)ccc1C#CCCl. The van der Waals surface area contributed by atoms with Crippen molar-refractivity contribution in [2.75, 3.05) is 26.2 Å². The van der Waals surface area contributed by atoms with E-state index < -0.39 is 0 Å². The number of hydrogen-bond acceptors (Lipinski definition) is 2. The minimum atomic E-state index is -0.344. The van der Waals surface area contributed by atoms with E-state index in [-0.39, 0.29) is 11.7 Å². The highest BCUT2D eigenvalue weighted by atomic mass is 35.5. The molecular formula is C13H14ClFO2. The molecule has 0 N–H and O–H groups in total. The molecule has 0 unspecified atom stereocenters. The fourth-order valence-electron chi connectivity index (χ4n) is 1.23. The predicted octanol–water partition coefficient (Wildman–Crippen LogP) is 2.83. The maximum atomic E-state index is 13.1. The molecule has 0 aliphatic heterocycles. The van der Waals surface area contributed by atoms with Crippen molar-refractivity contribution in [3.8, 4) is 17.6 Å². The monoisotopic (exact) mass is 256 g/mol. The summed E-state index contributed by atoms with van der Waals surface area (Å²) in [6.07, 6.45) is 0.745. The zero-order valence-corrected chi connectivity index (χ0v) is 10.4. The Morgan fingerprint density at radius 3 is 2.88 bits per heavy atom. The van der Waals surface area contributed by atoms with Crippen molar-refractivity contribution >= 4 is 11.6 Å². The first-order chi connectivity index (χ1) is 8.27. The Morgan fingerprint density at radius 2 is 2.18 bits per heavy atom. The predicted molar refractivity (Wildman–Crippen MR) is 66.0 cm³/mol. The Morgan fingerprint density at radius 1 is 1.35 bits per heavy atom. The zero-order valence-electron chi connectivity index (χ0n) is 9.63. The summed E-state index contributed by atoms with van der Waals surface area (Å²) in [5.74, 6) is 5.88. The van der Waals surface area contributed by atoms with Crippen LogP contribution in [0.4, 0.5) is 4.39 Å². The molecular weight excluding hydrogens is 243 g/mol. The number of hydrogen-bond donors (Lipinski definition) is 0. The first-order valence-corrected chi connectivity index (χ1v) is 5.77. The van der Waals surface area contributed by atoms with Crippen LogP contribution >= 0.6 is 11.6 Å². The topological polar surface area (TPSA) is 18.5 Å². The standard InChI is InChI=1S/C13H14ClFO2/c1-16-8-3-9-17-13-10-12(15)6-5-11(13)4-2-7-14/h5-6,10H,3,7-9H2,1H3. The Bertz CT molecular complexity index is 410. The lowest BCUT2D eigenvalue weighted by Crippen LogP contribution is -2.02. The molecule has 0 saturated carbocycles. The minimum Gasteiger partial charge on any atom is -0.492 e. The van der Waals surface area contributed by atoms with Crippen molar-refractivity contribution < 1.29 is 13.9 Å². The van der Waals surface area contributed by atoms with E-state index in [1.807, 2.05) is 0 Å². The smallest absolute Gasteiger partial charge is 0.137 e. The van der Waals surface area contributed by atoms with Crippen molar-refractivity contribution in [2.45, 2.75) is 6.42 Å². The molecule has 4 heteroatoms. The molecule has 0 aliphatic rings. The average molecular weight is 257 g/mol. The number of benzene rings is 1. The highest BCUT2D eigenvalue weighted by molar-refractivity contribution is 6.19. The van der Waals surface area contributed by atoms with Gasteiger partial charge in [-0.3, -0.25) is 0 Å². The number of halogens is 2. The molecule has 0 aromatic heterocycles. The Kier molecular flexibility index (Phi) is 6.46. The molecule has 92 valence electrons. The Labute approximate surface area is 106 Å². The van der Waals surface area contributed by atoms with Crippen LogP contribution in [-0.4, -0.2) is 26.2 Å². The van der Waals surface area contributed by atoms with E-state index >= 15 is 0 Å². The van der Waals surface area contributed by atoms with Crippen molar-refractivity contribution in [2.24, 2.45) is 0 Å². The molecule has 0 fully saturated rings. The van der Waals surface area contributed by atoms with Crippen LogP contribution < -0.4 is 4.74 Å². The summed E-state index contributed by atoms with van der Waals surface area (Å²) in [7, 11) is 1.62. The van der Waals surface area contributed by atoms with Gasteiger partial charge in [-0.2, -0.15) is 0 Å². The molecule has 1 aromatic rings. The van der Waals surface area contributed by atoms with E-state index in [1.165, 1.54) is 12.1 Å². The van der Waals surface area contributed by atoms with Crippen LogP contribution in [0.5, 0.6) is 5.75 Å². The summed E-state index contributed by atoms with van der Waals surface area (Å²) in [4.78, 5) is 0. The Hall–Kier alpha value is -1.24. The first kappa shape index (κ1) is 13.8. The molecule has 0 amide bonds. The van der Waals surface area contributed by atoms with Gasteiger partial charge in [-0.15, -0.1) is 11.6 Å². The molecule has 0 aliphatic carbocycles. The number of methoxy groups -OCH3 is 1. The molecule has 0 heterocycles. The van der Waals surface area contributed by atoms with Crippen molar-refractivity contribution in [3.63, 3.8) is 0 Å². The number of rotatable bonds is 5. The van der Waals surface area contributed by atoms with Gasteiger partial charge >= 0.3 is 0 Å². The third-order valence-electron chi connectivity index (χ3n) is 1.98. The number of ether oxygens (including phenoxy) is 2. The largest absolute Gasteiger partial charge is 0.492 e. The van der Waals surface area contributed by atoms with Gasteiger partial charge in [0, 0.05) is 26.2 Å². The lowest BCUT2D eigenvalue weighted by Gasteiger charge is -2.08. The summed E-state index contributed by atoms with van der Waals surface area (Å²) in [5.41, 5.74) is 0.643. The van der Waals surface area contributed by atoms with Gasteiger partial charge < -0.3 is 9.47 Å². The normalized spacial score (nSPS) is 9.59. The fourth-order valence-corrected chi connectivity index (χ4v) is 1.30. The molecule has 1 rings (SSSR count). The molecule has 0 atom stereocenters. The van der Waals surface area contributed by atoms with E-state index in [9.17, 15) is 4.39 Å². The van der Waals surface area contributed by atoms with E-state index in [0.29, 0.717) is 24.5 Å². The Balaban J connectivity index is 2.69. The molecule has 2 nitrogen and oxygen atoms in total. The van der Waals surface area contributed by atoms with Crippen LogP contribution in [0.15, 0.2) is 18.2 Å². The maximum Gasteiger partial charge on any atom is 0.137 e. The van der Waals surface area contributed by atoms with Gasteiger partial charge in [-0.05, 0) is 12.1 Å². The fraction of sp³-hybridized carbons (Fsp3) is 0.385. The van der Waals surface area contributed by atoms with Crippen LogP contribution in [0.1, 0.15) is 12.0 Å². The van der Waals surface area contributed by atoms with Crippen LogP contribution in [-0.2, 0) is 4.74 Å². The average Bonchev–Trinajstić information content (AvgIpc) is 2.33. The minimum absolute atomic E-state index is 0.237. The third-order valence-corrected chi connectivity index (χ3v) is 2.12. The zero-order chi connectivity index (χ0) is 12.5. The van der Waals surface area contributed by atoms with E-state index in [2.05, 4.69) is 11.8 Å². The van der Waals surface area contributed by atoms with Crippen LogP contribution in [0.2, 0.25) is 0 Å². The summed E-state index contributed by atoms with van der Waals surface area (Å²) < 4.78 is 23.4. The number of alkyl halides is 1. The maximum absolute atomic E-state index is 13.1. The van der Waals surface area contributed by atoms with Crippen molar-refractivity contribution in [1.29, 1.82) is 0 Å². The second-order valence-electron chi connectivity index (χ2n) is 3.27. The van der Waals surface area contributed by atoms with E-state index in [4.69, 9.17) is 21.1 Å². The van der Waals surface area contributed by atoms with Gasteiger partial charge in [0.1, 0.15) is 11.6 Å². The first-order valence-electron chi connectivity index (χ1n) is 5.24. The third kappa shape index (κ3) is 5.08. The molecule has 0 radical (unpaired) electrons.